The van der Waals surface area contributed by atoms with Crippen LogP contribution in [0.4, 0.5) is 0 Å². The highest BCUT2D eigenvalue weighted by molar-refractivity contribution is 6.60. The van der Waals surface area contributed by atoms with E-state index in [1.165, 1.54) is 11.1 Å². The Morgan fingerprint density at radius 3 is 2.33 bits per heavy atom. The molecule has 1 atom stereocenters. The van der Waals surface area contributed by atoms with E-state index < -0.39 is 8.80 Å². The molecule has 0 saturated carbocycles. The van der Waals surface area contributed by atoms with E-state index in [4.69, 9.17) is 0 Å². The molecule has 0 aromatic heterocycles. The van der Waals surface area contributed by atoms with E-state index >= 15 is 0 Å². The topological polar surface area (TPSA) is 17.1 Å². The van der Waals surface area contributed by atoms with Crippen LogP contribution in [0.5, 0.6) is 0 Å². The summed E-state index contributed by atoms with van der Waals surface area (Å²) in [6.45, 7) is 8.12. The summed E-state index contributed by atoms with van der Waals surface area (Å²) >= 11 is 0. The Bertz CT molecular complexity index is 327. The molecule has 1 aromatic carbocycles. The Morgan fingerprint density at radius 1 is 1.33 bits per heavy atom. The van der Waals surface area contributed by atoms with Crippen molar-refractivity contribution in [1.82, 2.24) is 0 Å². The van der Waals surface area contributed by atoms with Gasteiger partial charge in [0.2, 0.25) is 0 Å². The zero-order valence-electron chi connectivity index (χ0n) is 9.44. The van der Waals surface area contributed by atoms with E-state index in [1.807, 2.05) is 6.08 Å². The van der Waals surface area contributed by atoms with E-state index in [-0.39, 0.29) is 5.54 Å². The van der Waals surface area contributed by atoms with Crippen LogP contribution < -0.4 is 0 Å². The van der Waals surface area contributed by atoms with Gasteiger partial charge in [0.15, 0.2) is 0 Å². The molecule has 80 valence electrons. The van der Waals surface area contributed by atoms with E-state index in [9.17, 15) is 4.79 Å². The number of aldehydes is 1. The summed E-state index contributed by atoms with van der Waals surface area (Å²) in [6.07, 6.45) is 3.88. The quantitative estimate of drug-likeness (QED) is 0.422. The predicted molar refractivity (Wildman–Crippen MR) is 68.0 cm³/mol. The highest BCUT2D eigenvalue weighted by Crippen LogP contribution is 2.17. The Kier molecular flexibility index (Phi) is 4.50. The molecule has 0 bridgehead atoms. The van der Waals surface area contributed by atoms with Crippen LogP contribution in [0.3, 0.4) is 0 Å². The fraction of sp³-hybridized carbons (Fsp3) is 0.308. The molecule has 0 aliphatic rings. The molecule has 0 saturated heterocycles. The first kappa shape index (κ1) is 11.9. The van der Waals surface area contributed by atoms with Gasteiger partial charge < -0.3 is 4.79 Å². The second kappa shape index (κ2) is 5.66. The Labute approximate surface area is 93.4 Å². The molecule has 0 N–H and O–H groups in total. The van der Waals surface area contributed by atoms with E-state index in [2.05, 4.69) is 43.9 Å². The minimum Gasteiger partial charge on any atom is -0.303 e. The second-order valence-electron chi connectivity index (χ2n) is 4.14. The van der Waals surface area contributed by atoms with Crippen molar-refractivity contribution in [1.29, 1.82) is 0 Å². The maximum Gasteiger partial charge on any atom is 0.124 e. The lowest BCUT2D eigenvalue weighted by atomic mass is 10.1. The molecule has 1 unspecified atom stereocenters. The minimum absolute atomic E-state index is 0.155. The lowest BCUT2D eigenvalue weighted by Crippen LogP contribution is -2.17. The van der Waals surface area contributed by atoms with Crippen LogP contribution in [0, 0.1) is 0 Å². The van der Waals surface area contributed by atoms with Crippen LogP contribution in [-0.4, -0.2) is 15.1 Å². The van der Waals surface area contributed by atoms with Gasteiger partial charge in [-0.15, -0.1) is 6.58 Å². The minimum atomic E-state index is -0.932. The summed E-state index contributed by atoms with van der Waals surface area (Å²) in [6, 6.07) is 8.32. The molecule has 0 aliphatic heterocycles. The summed E-state index contributed by atoms with van der Waals surface area (Å²) in [4.78, 5) is 11.0. The number of benzene rings is 1. The second-order valence-corrected chi connectivity index (χ2v) is 7.35. The standard InChI is InChI=1S/C13H18OSi/c1-4-5-11-6-8-12(9-7-11)13(10-14)15(2)3/h4,6-10,13,15H,1,5H2,2-3H3. The van der Waals surface area contributed by atoms with Gasteiger partial charge in [-0.3, -0.25) is 0 Å². The summed E-state index contributed by atoms with van der Waals surface area (Å²) < 4.78 is 0. The smallest absolute Gasteiger partial charge is 0.124 e. The number of hydrogen-bond donors (Lipinski definition) is 0. The normalized spacial score (nSPS) is 12.5. The molecule has 0 spiro atoms. The predicted octanol–water partition coefficient (Wildman–Crippen LogP) is 2.72. The van der Waals surface area contributed by atoms with Crippen molar-refractivity contribution in [3.63, 3.8) is 0 Å². The van der Waals surface area contributed by atoms with Crippen LogP contribution in [0.2, 0.25) is 13.1 Å². The van der Waals surface area contributed by atoms with Crippen LogP contribution in [0.25, 0.3) is 0 Å². The zero-order chi connectivity index (χ0) is 11.3. The first-order chi connectivity index (χ1) is 7.19. The van der Waals surface area contributed by atoms with Gasteiger partial charge in [-0.05, 0) is 17.5 Å². The average Bonchev–Trinajstić information content (AvgIpc) is 2.21. The third-order valence-corrected chi connectivity index (χ3v) is 4.59. The molecule has 0 heterocycles. The van der Waals surface area contributed by atoms with Gasteiger partial charge in [0.1, 0.15) is 6.29 Å². The summed E-state index contributed by atoms with van der Waals surface area (Å²) in [5, 5.41) is 0. The Hall–Kier alpha value is -1.15. The number of hydrogen-bond acceptors (Lipinski definition) is 1. The molecule has 15 heavy (non-hydrogen) atoms. The van der Waals surface area contributed by atoms with Gasteiger partial charge in [-0.25, -0.2) is 0 Å². The van der Waals surface area contributed by atoms with Gasteiger partial charge >= 0.3 is 0 Å². The third-order valence-electron chi connectivity index (χ3n) is 2.61. The van der Waals surface area contributed by atoms with E-state index in [0.717, 1.165) is 12.7 Å². The first-order valence-corrected chi connectivity index (χ1v) is 8.31. The van der Waals surface area contributed by atoms with Crippen molar-refractivity contribution < 1.29 is 4.79 Å². The highest BCUT2D eigenvalue weighted by atomic mass is 28.3. The largest absolute Gasteiger partial charge is 0.303 e. The number of allylic oxidation sites excluding steroid dienone is 1. The Morgan fingerprint density at radius 2 is 1.93 bits per heavy atom. The number of rotatable bonds is 5. The molecule has 1 rings (SSSR count). The van der Waals surface area contributed by atoms with Crippen molar-refractivity contribution in [2.24, 2.45) is 0 Å². The van der Waals surface area contributed by atoms with Crippen molar-refractivity contribution in [2.45, 2.75) is 25.1 Å². The van der Waals surface area contributed by atoms with Gasteiger partial charge in [0.05, 0.1) is 0 Å². The molecule has 0 fully saturated rings. The summed E-state index contributed by atoms with van der Waals surface area (Å²) in [7, 11) is -0.932. The molecule has 1 nitrogen and oxygen atoms in total. The third kappa shape index (κ3) is 3.17. The lowest BCUT2D eigenvalue weighted by Gasteiger charge is -2.13. The molecule has 0 radical (unpaired) electrons. The molecular formula is C13H18OSi. The summed E-state index contributed by atoms with van der Waals surface area (Å²) in [5.41, 5.74) is 2.58. The van der Waals surface area contributed by atoms with Gasteiger partial charge in [0.25, 0.3) is 0 Å². The highest BCUT2D eigenvalue weighted by Gasteiger charge is 2.15. The van der Waals surface area contributed by atoms with E-state index in [1.54, 1.807) is 0 Å². The van der Waals surface area contributed by atoms with Gasteiger partial charge in [0, 0.05) is 14.3 Å². The molecule has 0 aliphatic carbocycles. The van der Waals surface area contributed by atoms with Crippen LogP contribution in [-0.2, 0) is 11.2 Å². The fourth-order valence-corrected chi connectivity index (χ4v) is 2.97. The monoisotopic (exact) mass is 218 g/mol. The number of carbonyl (C=O) groups excluding carboxylic acids is 1. The van der Waals surface area contributed by atoms with Gasteiger partial charge in [-0.1, -0.05) is 43.4 Å². The SMILES string of the molecule is C=CCc1ccc(C(C=O)[SiH](C)C)cc1. The van der Waals surface area contributed by atoms with Crippen LogP contribution in [0.15, 0.2) is 36.9 Å². The van der Waals surface area contributed by atoms with Crippen molar-refractivity contribution in [3.05, 3.63) is 48.0 Å². The average molecular weight is 218 g/mol. The lowest BCUT2D eigenvalue weighted by molar-refractivity contribution is -0.107. The van der Waals surface area contributed by atoms with E-state index in [0.29, 0.717) is 0 Å². The zero-order valence-corrected chi connectivity index (χ0v) is 10.6. The van der Waals surface area contributed by atoms with Crippen LogP contribution >= 0.6 is 0 Å². The van der Waals surface area contributed by atoms with Crippen LogP contribution in [0.1, 0.15) is 16.7 Å². The fourth-order valence-electron chi connectivity index (χ4n) is 1.66. The van der Waals surface area contributed by atoms with Crippen molar-refractivity contribution in [3.8, 4) is 0 Å². The maximum absolute atomic E-state index is 11.0. The first-order valence-electron chi connectivity index (χ1n) is 5.34. The molecular weight excluding hydrogens is 200 g/mol. The molecule has 2 heteroatoms. The van der Waals surface area contributed by atoms with Crippen molar-refractivity contribution >= 4 is 15.1 Å². The summed E-state index contributed by atoms with van der Waals surface area (Å²) in [5.74, 6) is 0. The number of carbonyl (C=O) groups is 1. The molecule has 0 amide bonds. The van der Waals surface area contributed by atoms with Crippen molar-refractivity contribution in [2.75, 3.05) is 0 Å². The Balaban J connectivity index is 2.86. The maximum atomic E-state index is 11.0. The molecule has 1 aromatic rings. The van der Waals surface area contributed by atoms with Gasteiger partial charge in [-0.2, -0.15) is 0 Å².